The van der Waals surface area contributed by atoms with Crippen molar-refractivity contribution in [2.24, 2.45) is 0 Å². The summed E-state index contributed by atoms with van der Waals surface area (Å²) in [6.45, 7) is 13.8. The lowest BCUT2D eigenvalue weighted by Gasteiger charge is -2.17. The maximum atomic E-state index is 4.13. The van der Waals surface area contributed by atoms with Gasteiger partial charge in [-0.1, -0.05) is 13.8 Å². The first-order valence-electron chi connectivity index (χ1n) is 6.90. The van der Waals surface area contributed by atoms with Gasteiger partial charge in [-0.15, -0.1) is 0 Å². The van der Waals surface area contributed by atoms with Crippen LogP contribution in [0.25, 0.3) is 0 Å². The van der Waals surface area contributed by atoms with E-state index in [-0.39, 0.29) is 0 Å². The molecule has 0 fully saturated rings. The second-order valence-corrected chi connectivity index (χ2v) is 4.65. The zero-order valence-electron chi connectivity index (χ0n) is 12.2. The molecule has 0 aliphatic heterocycles. The molecular weight excluding hydrogens is 224 g/mol. The van der Waals surface area contributed by atoms with Crippen molar-refractivity contribution < 1.29 is 0 Å². The highest BCUT2D eigenvalue weighted by atomic mass is 15.1. The molecule has 0 spiro atoms. The normalized spacial score (nSPS) is 11.2. The van der Waals surface area contributed by atoms with Gasteiger partial charge in [-0.2, -0.15) is 10.2 Å². The van der Waals surface area contributed by atoms with E-state index in [0.29, 0.717) is 0 Å². The van der Waals surface area contributed by atoms with E-state index in [1.54, 1.807) is 0 Å². The van der Waals surface area contributed by atoms with Crippen molar-refractivity contribution in [2.75, 3.05) is 26.2 Å². The SMILES string of the molecule is CCN(CC)CCCNCc1cc(C)nnc1C. The molecule has 1 N–H and O–H groups in total. The van der Waals surface area contributed by atoms with Crippen LogP contribution in [-0.4, -0.2) is 41.3 Å². The highest BCUT2D eigenvalue weighted by molar-refractivity contribution is 5.19. The summed E-state index contributed by atoms with van der Waals surface area (Å²) < 4.78 is 0. The van der Waals surface area contributed by atoms with Gasteiger partial charge in [-0.25, -0.2) is 0 Å². The van der Waals surface area contributed by atoms with Gasteiger partial charge in [0.05, 0.1) is 11.4 Å². The maximum Gasteiger partial charge on any atom is 0.0645 e. The number of nitrogens with one attached hydrogen (secondary N) is 1. The van der Waals surface area contributed by atoms with Crippen LogP contribution in [0.5, 0.6) is 0 Å². The largest absolute Gasteiger partial charge is 0.313 e. The van der Waals surface area contributed by atoms with Gasteiger partial charge in [0.1, 0.15) is 0 Å². The van der Waals surface area contributed by atoms with E-state index in [2.05, 4.69) is 40.3 Å². The van der Waals surface area contributed by atoms with E-state index in [4.69, 9.17) is 0 Å². The number of hydrogen-bond donors (Lipinski definition) is 1. The third kappa shape index (κ3) is 5.10. The molecule has 0 aromatic carbocycles. The van der Waals surface area contributed by atoms with Gasteiger partial charge >= 0.3 is 0 Å². The quantitative estimate of drug-likeness (QED) is 0.716. The van der Waals surface area contributed by atoms with Crippen LogP contribution in [0.3, 0.4) is 0 Å². The van der Waals surface area contributed by atoms with Gasteiger partial charge < -0.3 is 10.2 Å². The van der Waals surface area contributed by atoms with E-state index in [1.165, 1.54) is 18.5 Å². The fourth-order valence-electron chi connectivity index (χ4n) is 1.97. The van der Waals surface area contributed by atoms with Gasteiger partial charge in [0.2, 0.25) is 0 Å². The van der Waals surface area contributed by atoms with E-state index < -0.39 is 0 Å². The first kappa shape index (κ1) is 15.1. The van der Waals surface area contributed by atoms with Crippen molar-refractivity contribution in [2.45, 2.75) is 40.7 Å². The molecule has 18 heavy (non-hydrogen) atoms. The first-order valence-corrected chi connectivity index (χ1v) is 6.90. The Bertz CT molecular complexity index is 348. The number of nitrogens with zero attached hydrogens (tertiary/aromatic N) is 3. The summed E-state index contributed by atoms with van der Waals surface area (Å²) in [5.74, 6) is 0. The highest BCUT2D eigenvalue weighted by Gasteiger charge is 2.01. The summed E-state index contributed by atoms with van der Waals surface area (Å²) in [7, 11) is 0. The monoisotopic (exact) mass is 250 g/mol. The Balaban J connectivity index is 2.23. The molecule has 0 saturated heterocycles. The second-order valence-electron chi connectivity index (χ2n) is 4.65. The summed E-state index contributed by atoms with van der Waals surface area (Å²) in [4.78, 5) is 2.45. The summed E-state index contributed by atoms with van der Waals surface area (Å²) in [5, 5.41) is 11.7. The maximum absolute atomic E-state index is 4.13. The topological polar surface area (TPSA) is 41.0 Å². The Morgan fingerprint density at radius 1 is 1.17 bits per heavy atom. The number of hydrogen-bond acceptors (Lipinski definition) is 4. The van der Waals surface area contributed by atoms with Crippen LogP contribution in [0.1, 0.15) is 37.2 Å². The molecule has 102 valence electrons. The average molecular weight is 250 g/mol. The Hall–Kier alpha value is -1.00. The fourth-order valence-corrected chi connectivity index (χ4v) is 1.97. The van der Waals surface area contributed by atoms with Gasteiger partial charge in [0.15, 0.2) is 0 Å². The van der Waals surface area contributed by atoms with Crippen molar-refractivity contribution in [3.63, 3.8) is 0 Å². The van der Waals surface area contributed by atoms with E-state index in [9.17, 15) is 0 Å². The van der Waals surface area contributed by atoms with Crippen molar-refractivity contribution >= 4 is 0 Å². The highest BCUT2D eigenvalue weighted by Crippen LogP contribution is 2.04. The first-order chi connectivity index (χ1) is 8.67. The van der Waals surface area contributed by atoms with E-state index >= 15 is 0 Å². The predicted molar refractivity (Wildman–Crippen MR) is 75.6 cm³/mol. The van der Waals surface area contributed by atoms with E-state index in [0.717, 1.165) is 37.6 Å². The Kier molecular flexibility index (Phi) is 6.83. The van der Waals surface area contributed by atoms with Crippen molar-refractivity contribution in [3.8, 4) is 0 Å². The summed E-state index contributed by atoms with van der Waals surface area (Å²) in [6, 6.07) is 2.11. The molecule has 1 aromatic rings. The van der Waals surface area contributed by atoms with Crippen molar-refractivity contribution in [1.29, 1.82) is 0 Å². The van der Waals surface area contributed by atoms with Crippen molar-refractivity contribution in [1.82, 2.24) is 20.4 Å². The molecule has 4 heteroatoms. The van der Waals surface area contributed by atoms with Crippen LogP contribution in [-0.2, 0) is 6.54 Å². The smallest absolute Gasteiger partial charge is 0.0645 e. The molecule has 0 saturated carbocycles. The summed E-state index contributed by atoms with van der Waals surface area (Å²) in [6.07, 6.45) is 1.19. The van der Waals surface area contributed by atoms with Crippen LogP contribution in [0.15, 0.2) is 6.07 Å². The molecule has 0 aliphatic carbocycles. The van der Waals surface area contributed by atoms with Crippen LogP contribution < -0.4 is 5.32 Å². The molecule has 0 bridgehead atoms. The molecule has 4 nitrogen and oxygen atoms in total. The minimum absolute atomic E-state index is 0.889. The lowest BCUT2D eigenvalue weighted by Crippen LogP contribution is -2.27. The minimum Gasteiger partial charge on any atom is -0.313 e. The molecule has 0 atom stereocenters. The molecule has 0 radical (unpaired) electrons. The van der Waals surface area contributed by atoms with Gasteiger partial charge in [-0.3, -0.25) is 0 Å². The average Bonchev–Trinajstić information content (AvgIpc) is 2.38. The van der Waals surface area contributed by atoms with Crippen LogP contribution in [0.2, 0.25) is 0 Å². The number of rotatable bonds is 8. The summed E-state index contributed by atoms with van der Waals surface area (Å²) >= 11 is 0. The Morgan fingerprint density at radius 2 is 1.89 bits per heavy atom. The Labute approximate surface area is 111 Å². The lowest BCUT2D eigenvalue weighted by atomic mass is 10.2. The van der Waals surface area contributed by atoms with Gasteiger partial charge in [0, 0.05) is 6.54 Å². The number of aryl methyl sites for hydroxylation is 2. The third-order valence-corrected chi connectivity index (χ3v) is 3.24. The van der Waals surface area contributed by atoms with Gasteiger partial charge in [-0.05, 0) is 58.1 Å². The van der Waals surface area contributed by atoms with Crippen LogP contribution in [0, 0.1) is 13.8 Å². The third-order valence-electron chi connectivity index (χ3n) is 3.24. The molecule has 0 aliphatic rings. The van der Waals surface area contributed by atoms with Crippen LogP contribution in [0.4, 0.5) is 0 Å². The summed E-state index contributed by atoms with van der Waals surface area (Å²) in [5.41, 5.74) is 3.27. The molecular formula is C14H26N4. The zero-order chi connectivity index (χ0) is 13.4. The molecule has 1 rings (SSSR count). The second kappa shape index (κ2) is 8.16. The molecule has 0 amide bonds. The minimum atomic E-state index is 0.889. The van der Waals surface area contributed by atoms with Gasteiger partial charge in [0.25, 0.3) is 0 Å². The number of aromatic nitrogens is 2. The standard InChI is InChI=1S/C14H26N4/c1-5-18(6-2)9-7-8-15-11-14-10-12(3)16-17-13(14)4/h10,15H,5-9,11H2,1-4H3. The Morgan fingerprint density at radius 3 is 2.56 bits per heavy atom. The van der Waals surface area contributed by atoms with Crippen LogP contribution >= 0.6 is 0 Å². The van der Waals surface area contributed by atoms with Crippen molar-refractivity contribution in [3.05, 3.63) is 23.0 Å². The molecule has 1 aromatic heterocycles. The lowest BCUT2D eigenvalue weighted by molar-refractivity contribution is 0.298. The predicted octanol–water partition coefficient (Wildman–Crippen LogP) is 1.91. The zero-order valence-corrected chi connectivity index (χ0v) is 12.2. The molecule has 0 unspecified atom stereocenters. The fraction of sp³-hybridized carbons (Fsp3) is 0.714. The van der Waals surface area contributed by atoms with E-state index in [1.807, 2.05) is 13.8 Å². The molecule has 1 heterocycles.